The zero-order chi connectivity index (χ0) is 24.7. The highest BCUT2D eigenvalue weighted by atomic mass is 16.5. The lowest BCUT2D eigenvalue weighted by atomic mass is 9.86. The molecule has 0 radical (unpaired) electrons. The van der Waals surface area contributed by atoms with Gasteiger partial charge in [-0.15, -0.1) is 0 Å². The molecule has 1 saturated heterocycles. The number of fused-ring (bicyclic) bond motifs is 4. The number of aromatic amines is 1. The number of hydrogen-bond acceptors (Lipinski definition) is 5. The Balaban J connectivity index is 1.71. The number of para-hydroxylation sites is 1. The first-order valence-electron chi connectivity index (χ1n) is 12.0. The minimum absolute atomic E-state index is 0.00595. The molecule has 3 aromatic rings. The molecule has 0 bridgehead atoms. The monoisotopic (exact) mass is 477 g/mol. The number of piperazine rings is 1. The number of benzene rings is 2. The topological polar surface area (TPSA) is 84.1 Å². The predicted octanol–water partition coefficient (Wildman–Crippen LogP) is 3.68. The summed E-state index contributed by atoms with van der Waals surface area (Å²) in [5.74, 6) is 1.43. The molecule has 35 heavy (non-hydrogen) atoms. The molecule has 0 aliphatic carbocycles. The van der Waals surface area contributed by atoms with Crippen LogP contribution in [0.25, 0.3) is 10.9 Å². The Morgan fingerprint density at radius 2 is 1.74 bits per heavy atom. The Kier molecular flexibility index (Phi) is 6.05. The van der Waals surface area contributed by atoms with E-state index in [9.17, 15) is 9.59 Å². The quantitative estimate of drug-likeness (QED) is 0.561. The molecular weight excluding hydrogens is 446 g/mol. The smallest absolute Gasteiger partial charge is 0.246 e. The molecule has 0 saturated carbocycles. The highest BCUT2D eigenvalue weighted by Crippen LogP contribution is 2.46. The second-order valence-electron chi connectivity index (χ2n) is 9.06. The first-order chi connectivity index (χ1) is 17.0. The van der Waals surface area contributed by atoms with Gasteiger partial charge in [0.1, 0.15) is 6.04 Å². The molecule has 184 valence electrons. The van der Waals surface area contributed by atoms with Crippen LogP contribution in [-0.2, 0) is 16.0 Å². The predicted molar refractivity (Wildman–Crippen MR) is 132 cm³/mol. The third-order valence-electron chi connectivity index (χ3n) is 7.13. The molecule has 2 aromatic carbocycles. The fourth-order valence-corrected chi connectivity index (χ4v) is 5.47. The average Bonchev–Trinajstić information content (AvgIpc) is 3.26. The molecular formula is C27H31N3O5. The van der Waals surface area contributed by atoms with Crippen LogP contribution >= 0.6 is 0 Å². The number of rotatable bonds is 7. The summed E-state index contributed by atoms with van der Waals surface area (Å²) >= 11 is 0. The number of nitrogens with zero attached hydrogens (tertiary/aromatic N) is 2. The van der Waals surface area contributed by atoms with Crippen molar-refractivity contribution in [3.63, 3.8) is 0 Å². The van der Waals surface area contributed by atoms with Crippen LogP contribution < -0.4 is 14.2 Å². The molecule has 8 heteroatoms. The van der Waals surface area contributed by atoms with Crippen LogP contribution in [0, 0.1) is 0 Å². The molecule has 1 aromatic heterocycles. The standard InChI is InChI=1S/C27H31N3O5/c1-5-6-11-29-15-23(31)30-20(27(29)32)14-18-17-9-7-8-10-19(17)28-24(18)25(30)16-12-21(33-2)26(35-4)22(13-16)34-3/h7-10,12-13,20,25,28H,5-6,11,14-15H2,1-4H3. The maximum Gasteiger partial charge on any atom is 0.246 e. The first kappa shape index (κ1) is 23.1. The number of unbranched alkanes of at least 4 members (excludes halogenated alkanes) is 1. The van der Waals surface area contributed by atoms with E-state index >= 15 is 0 Å². The molecule has 2 amide bonds. The largest absolute Gasteiger partial charge is 0.493 e. The number of amides is 2. The van der Waals surface area contributed by atoms with Crippen molar-refractivity contribution in [1.29, 1.82) is 0 Å². The molecule has 0 spiro atoms. The van der Waals surface area contributed by atoms with Gasteiger partial charge in [0, 0.05) is 29.6 Å². The van der Waals surface area contributed by atoms with Gasteiger partial charge in [0.2, 0.25) is 17.6 Å². The van der Waals surface area contributed by atoms with Gasteiger partial charge in [-0.05, 0) is 35.7 Å². The minimum Gasteiger partial charge on any atom is -0.493 e. The third-order valence-corrected chi connectivity index (χ3v) is 7.13. The number of nitrogens with one attached hydrogen (secondary N) is 1. The summed E-state index contributed by atoms with van der Waals surface area (Å²) < 4.78 is 16.7. The summed E-state index contributed by atoms with van der Waals surface area (Å²) in [6, 6.07) is 10.7. The Labute approximate surface area is 204 Å². The van der Waals surface area contributed by atoms with Crippen molar-refractivity contribution in [2.24, 2.45) is 0 Å². The van der Waals surface area contributed by atoms with Crippen molar-refractivity contribution >= 4 is 22.7 Å². The third kappa shape index (κ3) is 3.68. The van der Waals surface area contributed by atoms with Crippen LogP contribution in [0.15, 0.2) is 36.4 Å². The van der Waals surface area contributed by atoms with Gasteiger partial charge in [-0.1, -0.05) is 31.5 Å². The van der Waals surface area contributed by atoms with E-state index in [1.165, 1.54) is 0 Å². The van der Waals surface area contributed by atoms with Gasteiger partial charge in [0.15, 0.2) is 11.5 Å². The Hall–Kier alpha value is -3.68. The molecule has 5 rings (SSSR count). The molecule has 2 aliphatic rings. The normalized spacial score (nSPS) is 19.5. The van der Waals surface area contributed by atoms with Crippen molar-refractivity contribution < 1.29 is 23.8 Å². The fraction of sp³-hybridized carbons (Fsp3) is 0.407. The van der Waals surface area contributed by atoms with Crippen molar-refractivity contribution in [3.8, 4) is 17.2 Å². The van der Waals surface area contributed by atoms with E-state index in [1.54, 1.807) is 31.1 Å². The van der Waals surface area contributed by atoms with Crippen molar-refractivity contribution in [2.75, 3.05) is 34.4 Å². The van der Waals surface area contributed by atoms with Gasteiger partial charge in [-0.25, -0.2) is 0 Å². The number of carbonyl (C=O) groups excluding carboxylic acids is 2. The zero-order valence-electron chi connectivity index (χ0n) is 20.6. The summed E-state index contributed by atoms with van der Waals surface area (Å²) in [6.07, 6.45) is 2.32. The highest BCUT2D eigenvalue weighted by Gasteiger charge is 2.48. The van der Waals surface area contributed by atoms with Gasteiger partial charge in [-0.2, -0.15) is 0 Å². The summed E-state index contributed by atoms with van der Waals surface area (Å²) in [5, 5.41) is 1.07. The van der Waals surface area contributed by atoms with Crippen LogP contribution in [0.5, 0.6) is 17.2 Å². The van der Waals surface area contributed by atoms with Crippen molar-refractivity contribution in [2.45, 2.75) is 38.3 Å². The lowest BCUT2D eigenvalue weighted by Crippen LogP contribution is -2.63. The second-order valence-corrected chi connectivity index (χ2v) is 9.06. The van der Waals surface area contributed by atoms with E-state index in [1.807, 2.05) is 30.3 Å². The SMILES string of the molecule is CCCCN1CC(=O)N2C(Cc3c([nH]c4ccccc34)C2c2cc(OC)c(OC)c(OC)c2)C1=O. The Morgan fingerprint density at radius 3 is 2.40 bits per heavy atom. The summed E-state index contributed by atoms with van der Waals surface area (Å²) in [6.45, 7) is 2.77. The van der Waals surface area contributed by atoms with E-state index in [2.05, 4.69) is 18.0 Å². The van der Waals surface area contributed by atoms with Crippen LogP contribution in [0.4, 0.5) is 0 Å². The van der Waals surface area contributed by atoms with E-state index in [4.69, 9.17) is 14.2 Å². The molecule has 2 aliphatic heterocycles. The van der Waals surface area contributed by atoms with E-state index in [0.29, 0.717) is 30.2 Å². The Bertz CT molecular complexity index is 1260. The van der Waals surface area contributed by atoms with Gasteiger partial charge >= 0.3 is 0 Å². The lowest BCUT2D eigenvalue weighted by Gasteiger charge is -2.47. The van der Waals surface area contributed by atoms with Crippen molar-refractivity contribution in [3.05, 3.63) is 53.2 Å². The number of H-pyrrole nitrogens is 1. The molecule has 1 fully saturated rings. The van der Waals surface area contributed by atoms with Gasteiger partial charge in [0.25, 0.3) is 0 Å². The molecule has 2 unspecified atom stereocenters. The number of hydrogen-bond donors (Lipinski definition) is 1. The number of aromatic nitrogens is 1. The van der Waals surface area contributed by atoms with Crippen LogP contribution in [-0.4, -0.2) is 67.1 Å². The van der Waals surface area contributed by atoms with Gasteiger partial charge in [0.05, 0.1) is 33.9 Å². The van der Waals surface area contributed by atoms with E-state index in [0.717, 1.165) is 40.6 Å². The minimum atomic E-state index is -0.566. The summed E-state index contributed by atoms with van der Waals surface area (Å²) in [4.78, 5) is 34.3. The maximum absolute atomic E-state index is 13.7. The summed E-state index contributed by atoms with van der Waals surface area (Å²) in [5.41, 5.74) is 3.76. The average molecular weight is 478 g/mol. The molecule has 2 atom stereocenters. The number of methoxy groups -OCH3 is 3. The van der Waals surface area contributed by atoms with E-state index < -0.39 is 12.1 Å². The van der Waals surface area contributed by atoms with Gasteiger partial charge in [-0.3, -0.25) is 9.59 Å². The van der Waals surface area contributed by atoms with E-state index in [-0.39, 0.29) is 18.4 Å². The molecule has 1 N–H and O–H groups in total. The first-order valence-corrected chi connectivity index (χ1v) is 12.0. The number of carbonyl (C=O) groups is 2. The summed E-state index contributed by atoms with van der Waals surface area (Å²) in [7, 11) is 4.70. The number of ether oxygens (including phenoxy) is 3. The van der Waals surface area contributed by atoms with Crippen LogP contribution in [0.2, 0.25) is 0 Å². The van der Waals surface area contributed by atoms with Gasteiger partial charge < -0.3 is 29.0 Å². The lowest BCUT2D eigenvalue weighted by molar-refractivity contribution is -0.158. The van der Waals surface area contributed by atoms with Crippen LogP contribution in [0.3, 0.4) is 0 Å². The second kappa shape index (κ2) is 9.17. The maximum atomic E-state index is 13.7. The highest BCUT2D eigenvalue weighted by molar-refractivity contribution is 5.97. The molecule has 8 nitrogen and oxygen atoms in total. The zero-order valence-corrected chi connectivity index (χ0v) is 20.6. The fourth-order valence-electron chi connectivity index (χ4n) is 5.47. The Morgan fingerprint density at radius 1 is 1.03 bits per heavy atom. The van der Waals surface area contributed by atoms with Crippen LogP contribution in [0.1, 0.15) is 42.6 Å². The van der Waals surface area contributed by atoms with Crippen molar-refractivity contribution in [1.82, 2.24) is 14.8 Å². The molecule has 3 heterocycles.